The summed E-state index contributed by atoms with van der Waals surface area (Å²) in [5.74, 6) is 1.87. The lowest BCUT2D eigenvalue weighted by molar-refractivity contribution is -0.114. The molecule has 5 rings (SSSR count). The van der Waals surface area contributed by atoms with Crippen molar-refractivity contribution in [2.75, 3.05) is 0 Å². The van der Waals surface area contributed by atoms with E-state index < -0.39 is 5.92 Å². The summed E-state index contributed by atoms with van der Waals surface area (Å²) < 4.78 is 18.4. The highest BCUT2D eigenvalue weighted by Gasteiger charge is 2.37. The van der Waals surface area contributed by atoms with Crippen molar-refractivity contribution >= 4 is 11.4 Å². The predicted molar refractivity (Wildman–Crippen MR) is 93.0 cm³/mol. The van der Waals surface area contributed by atoms with Gasteiger partial charge in [-0.25, -0.2) is 14.5 Å². The maximum absolute atomic E-state index is 12.4. The molecular formula is C19H14N4O4. The molecule has 0 radical (unpaired) electrons. The van der Waals surface area contributed by atoms with Crippen molar-refractivity contribution in [2.24, 2.45) is 0 Å². The molecule has 4 aromatic rings. The van der Waals surface area contributed by atoms with Crippen molar-refractivity contribution in [1.29, 1.82) is 0 Å². The van der Waals surface area contributed by atoms with Crippen LogP contribution in [0.1, 0.15) is 31.1 Å². The van der Waals surface area contributed by atoms with Crippen molar-refractivity contribution < 1.29 is 18.4 Å². The second-order valence-corrected chi connectivity index (χ2v) is 6.22. The number of allylic oxidation sites excluding steroid dienone is 2. The molecule has 1 aliphatic heterocycles. The summed E-state index contributed by atoms with van der Waals surface area (Å²) in [6.07, 6.45) is 4.66. The number of fused-ring (bicyclic) bond motifs is 3. The van der Waals surface area contributed by atoms with Crippen LogP contribution in [0, 0.1) is 0 Å². The van der Waals surface area contributed by atoms with Crippen LogP contribution in [-0.4, -0.2) is 25.4 Å². The molecule has 8 nitrogen and oxygen atoms in total. The number of hydrogen-bond acceptors (Lipinski definition) is 7. The first-order valence-corrected chi connectivity index (χ1v) is 8.35. The van der Waals surface area contributed by atoms with E-state index >= 15 is 0 Å². The van der Waals surface area contributed by atoms with Crippen LogP contribution >= 0.6 is 0 Å². The molecule has 0 saturated heterocycles. The summed E-state index contributed by atoms with van der Waals surface area (Å²) in [6, 6.07) is 7.15. The van der Waals surface area contributed by atoms with E-state index in [1.54, 1.807) is 42.2 Å². The maximum atomic E-state index is 12.4. The maximum Gasteiger partial charge on any atom is 0.228 e. The zero-order chi connectivity index (χ0) is 18.5. The van der Waals surface area contributed by atoms with E-state index in [1.807, 2.05) is 6.07 Å². The first kappa shape index (κ1) is 15.6. The molecule has 134 valence electrons. The molecule has 0 saturated carbocycles. The van der Waals surface area contributed by atoms with Gasteiger partial charge >= 0.3 is 0 Å². The molecule has 1 atom stereocenters. The summed E-state index contributed by atoms with van der Waals surface area (Å²) >= 11 is 0. The summed E-state index contributed by atoms with van der Waals surface area (Å²) in [5.41, 5.74) is 1.67. The molecule has 0 fully saturated rings. The van der Waals surface area contributed by atoms with E-state index in [1.165, 1.54) is 13.3 Å². The minimum atomic E-state index is -0.480. The summed E-state index contributed by atoms with van der Waals surface area (Å²) in [6.45, 7) is 3.26. The van der Waals surface area contributed by atoms with E-state index in [-0.39, 0.29) is 5.78 Å². The molecular weight excluding hydrogens is 348 g/mol. The minimum Gasteiger partial charge on any atom is -0.468 e. The van der Waals surface area contributed by atoms with Crippen LogP contribution in [0.15, 0.2) is 63.3 Å². The standard InChI is InChI=1S/C19H14N4O4/c1-10(24)14-11(2)27-19-16(15(14)12-5-3-7-25-12)18-21-17(13-6-4-8-26-13)22-23(18)9-20-19/h3-9,15H,1-2H3/t15-/m1/s1. The Bertz CT molecular complexity index is 1190. The molecule has 0 aliphatic carbocycles. The zero-order valence-corrected chi connectivity index (χ0v) is 14.5. The molecule has 8 heteroatoms. The van der Waals surface area contributed by atoms with E-state index in [9.17, 15) is 4.79 Å². The fourth-order valence-corrected chi connectivity index (χ4v) is 3.44. The van der Waals surface area contributed by atoms with Gasteiger partial charge in [-0.05, 0) is 38.1 Å². The number of ketones is 1. The first-order valence-electron chi connectivity index (χ1n) is 8.35. The van der Waals surface area contributed by atoms with Crippen LogP contribution in [0.3, 0.4) is 0 Å². The SMILES string of the molecule is CC(=O)C1=C(C)Oc2ncn3nc(-c4ccco4)nc3c2[C@@H]1c1ccco1. The van der Waals surface area contributed by atoms with Gasteiger partial charge < -0.3 is 13.6 Å². The number of rotatable bonds is 3. The number of ether oxygens (including phenoxy) is 1. The van der Waals surface area contributed by atoms with Crippen molar-refractivity contribution in [2.45, 2.75) is 19.8 Å². The van der Waals surface area contributed by atoms with Crippen LogP contribution < -0.4 is 4.74 Å². The van der Waals surface area contributed by atoms with Gasteiger partial charge in [-0.1, -0.05) is 0 Å². The van der Waals surface area contributed by atoms with Crippen LogP contribution in [-0.2, 0) is 4.79 Å². The molecule has 0 aromatic carbocycles. The fourth-order valence-electron chi connectivity index (χ4n) is 3.44. The number of hydrogen-bond donors (Lipinski definition) is 0. The van der Waals surface area contributed by atoms with Gasteiger partial charge in [0.15, 0.2) is 17.2 Å². The van der Waals surface area contributed by atoms with Crippen LogP contribution in [0.2, 0.25) is 0 Å². The summed E-state index contributed by atoms with van der Waals surface area (Å²) in [7, 11) is 0. The molecule has 0 bridgehead atoms. The van der Waals surface area contributed by atoms with Gasteiger partial charge in [-0.15, -0.1) is 5.10 Å². The van der Waals surface area contributed by atoms with E-state index in [2.05, 4.69) is 15.1 Å². The average Bonchev–Trinajstić information content (AvgIpc) is 3.39. The van der Waals surface area contributed by atoms with Gasteiger partial charge in [0.05, 0.1) is 24.0 Å². The second kappa shape index (κ2) is 5.66. The predicted octanol–water partition coefficient (Wildman–Crippen LogP) is 3.36. The third-order valence-corrected chi connectivity index (χ3v) is 4.54. The second-order valence-electron chi connectivity index (χ2n) is 6.22. The Labute approximate surface area is 153 Å². The Morgan fingerprint density at radius 2 is 2.00 bits per heavy atom. The topological polar surface area (TPSA) is 95.7 Å². The highest BCUT2D eigenvalue weighted by Crippen LogP contribution is 2.44. The third-order valence-electron chi connectivity index (χ3n) is 4.54. The number of carbonyl (C=O) groups is 1. The molecule has 1 aliphatic rings. The van der Waals surface area contributed by atoms with E-state index in [0.717, 1.165) is 0 Å². The lowest BCUT2D eigenvalue weighted by Gasteiger charge is -2.26. The molecule has 5 heterocycles. The molecule has 0 amide bonds. The Kier molecular flexibility index (Phi) is 3.27. The lowest BCUT2D eigenvalue weighted by Crippen LogP contribution is -2.21. The van der Waals surface area contributed by atoms with Gasteiger partial charge in [-0.3, -0.25) is 4.79 Å². The van der Waals surface area contributed by atoms with Crippen molar-refractivity contribution in [1.82, 2.24) is 19.6 Å². The van der Waals surface area contributed by atoms with E-state index in [4.69, 9.17) is 13.6 Å². The minimum absolute atomic E-state index is 0.104. The number of Topliss-reactive ketones (excluding diaryl/α,β-unsaturated/α-hetero) is 1. The van der Waals surface area contributed by atoms with Gasteiger partial charge in [0, 0.05) is 5.57 Å². The quantitative estimate of drug-likeness (QED) is 0.551. The first-order chi connectivity index (χ1) is 13.1. The van der Waals surface area contributed by atoms with Crippen molar-refractivity contribution in [3.05, 3.63) is 65.8 Å². The highest BCUT2D eigenvalue weighted by atomic mass is 16.5. The Morgan fingerprint density at radius 1 is 1.19 bits per heavy atom. The van der Waals surface area contributed by atoms with E-state index in [0.29, 0.717) is 45.8 Å². The van der Waals surface area contributed by atoms with Crippen LogP contribution in [0.5, 0.6) is 5.88 Å². The number of carbonyl (C=O) groups excluding carboxylic acids is 1. The van der Waals surface area contributed by atoms with Gasteiger partial charge in [0.1, 0.15) is 17.8 Å². The largest absolute Gasteiger partial charge is 0.468 e. The number of nitrogens with zero attached hydrogens (tertiary/aromatic N) is 4. The molecule has 0 spiro atoms. The Morgan fingerprint density at radius 3 is 2.70 bits per heavy atom. The third kappa shape index (κ3) is 2.30. The normalized spacial score (nSPS) is 16.4. The van der Waals surface area contributed by atoms with Gasteiger partial charge in [0.2, 0.25) is 11.7 Å². The lowest BCUT2D eigenvalue weighted by atomic mass is 9.85. The zero-order valence-electron chi connectivity index (χ0n) is 14.5. The summed E-state index contributed by atoms with van der Waals surface area (Å²) in [5, 5.41) is 4.43. The monoisotopic (exact) mass is 362 g/mol. The summed E-state index contributed by atoms with van der Waals surface area (Å²) in [4.78, 5) is 21.4. The molecule has 0 unspecified atom stereocenters. The van der Waals surface area contributed by atoms with Gasteiger partial charge in [-0.2, -0.15) is 0 Å². The molecule has 27 heavy (non-hydrogen) atoms. The van der Waals surface area contributed by atoms with Crippen LogP contribution in [0.25, 0.3) is 17.2 Å². The number of aromatic nitrogens is 4. The average molecular weight is 362 g/mol. The highest BCUT2D eigenvalue weighted by molar-refractivity contribution is 5.97. The van der Waals surface area contributed by atoms with Gasteiger partial charge in [0.25, 0.3) is 0 Å². The number of furan rings is 2. The molecule has 0 N–H and O–H groups in total. The Balaban J connectivity index is 1.80. The smallest absolute Gasteiger partial charge is 0.228 e. The Hall–Kier alpha value is -3.68. The van der Waals surface area contributed by atoms with Crippen molar-refractivity contribution in [3.8, 4) is 17.5 Å². The molecule has 4 aromatic heterocycles. The van der Waals surface area contributed by atoms with Crippen molar-refractivity contribution in [3.63, 3.8) is 0 Å². The van der Waals surface area contributed by atoms with Crippen LogP contribution in [0.4, 0.5) is 0 Å². The fraction of sp³-hybridized carbons (Fsp3) is 0.158.